The van der Waals surface area contributed by atoms with Crippen LogP contribution in [0.4, 0.5) is 0 Å². The van der Waals surface area contributed by atoms with Gasteiger partial charge in [-0.15, -0.1) is 0 Å². The topological polar surface area (TPSA) is 24.1 Å². The average Bonchev–Trinajstić information content (AvgIpc) is 2.86. The van der Waals surface area contributed by atoms with E-state index in [4.69, 9.17) is 12.2 Å². The summed E-state index contributed by atoms with van der Waals surface area (Å²) in [6.45, 7) is 5.40. The van der Waals surface area contributed by atoms with Crippen molar-refractivity contribution in [2.75, 3.05) is 6.54 Å². The van der Waals surface area contributed by atoms with Gasteiger partial charge in [-0.3, -0.25) is 0 Å². The molecule has 0 saturated heterocycles. The molecule has 2 N–H and O–H groups in total. The third-order valence-electron chi connectivity index (χ3n) is 2.50. The molecule has 1 unspecified atom stereocenters. The van der Waals surface area contributed by atoms with Crippen LogP contribution in [0.5, 0.6) is 0 Å². The number of hydrogen-bond acceptors (Lipinski definition) is 1. The Hall–Kier alpha value is -0.310. The number of unbranched alkanes of at least 4 members (excludes halogenated alkanes) is 1. The highest BCUT2D eigenvalue weighted by molar-refractivity contribution is 7.80. The van der Waals surface area contributed by atoms with Gasteiger partial charge in [-0.1, -0.05) is 13.3 Å². The molecule has 0 aromatic carbocycles. The van der Waals surface area contributed by atoms with Crippen LogP contribution in [-0.2, 0) is 0 Å². The van der Waals surface area contributed by atoms with Crippen molar-refractivity contribution in [1.29, 1.82) is 0 Å². The predicted molar refractivity (Wildman–Crippen MR) is 60.8 cm³/mol. The monoisotopic (exact) mass is 200 g/mol. The van der Waals surface area contributed by atoms with E-state index in [9.17, 15) is 0 Å². The highest BCUT2D eigenvalue weighted by atomic mass is 32.1. The predicted octanol–water partition coefficient (Wildman–Crippen LogP) is 2.05. The Morgan fingerprint density at radius 1 is 1.54 bits per heavy atom. The van der Waals surface area contributed by atoms with Gasteiger partial charge < -0.3 is 10.6 Å². The van der Waals surface area contributed by atoms with Crippen molar-refractivity contribution in [1.82, 2.24) is 10.6 Å². The molecule has 1 aliphatic carbocycles. The molecule has 1 aliphatic rings. The molecule has 13 heavy (non-hydrogen) atoms. The molecule has 0 aliphatic heterocycles. The fraction of sp³-hybridized carbons (Fsp3) is 0.900. The Bertz CT molecular complexity index is 166. The number of hydrogen-bond donors (Lipinski definition) is 2. The molecule has 1 saturated carbocycles. The lowest BCUT2D eigenvalue weighted by Crippen LogP contribution is -2.41. The number of rotatable bonds is 5. The lowest BCUT2D eigenvalue weighted by atomic mass is 10.2. The molecule has 0 aromatic rings. The summed E-state index contributed by atoms with van der Waals surface area (Å²) in [4.78, 5) is 0. The molecule has 1 fully saturated rings. The Morgan fingerprint density at radius 2 is 2.23 bits per heavy atom. The highest BCUT2D eigenvalue weighted by Gasteiger charge is 2.27. The standard InChI is InChI=1S/C10H20N2S/c1-3-4-7-11-10(13)12-8(2)9-5-6-9/h8-9H,3-7H2,1-2H3,(H2,11,12,13). The Labute approximate surface area is 86.5 Å². The maximum absolute atomic E-state index is 5.17. The van der Waals surface area contributed by atoms with Gasteiger partial charge in [0.15, 0.2) is 5.11 Å². The minimum Gasteiger partial charge on any atom is -0.363 e. The Morgan fingerprint density at radius 3 is 2.77 bits per heavy atom. The number of thiocarbonyl (C=S) groups is 1. The molecular weight excluding hydrogens is 180 g/mol. The minimum atomic E-state index is 0.557. The smallest absolute Gasteiger partial charge is 0.166 e. The second-order valence-electron chi connectivity index (χ2n) is 3.88. The van der Waals surface area contributed by atoms with Crippen LogP contribution >= 0.6 is 12.2 Å². The molecule has 3 heteroatoms. The van der Waals surface area contributed by atoms with Crippen LogP contribution in [0.2, 0.25) is 0 Å². The molecule has 76 valence electrons. The van der Waals surface area contributed by atoms with Gasteiger partial charge in [-0.2, -0.15) is 0 Å². The first-order valence-electron chi connectivity index (χ1n) is 5.28. The van der Waals surface area contributed by atoms with Crippen molar-refractivity contribution in [2.45, 2.75) is 45.6 Å². The van der Waals surface area contributed by atoms with E-state index in [0.717, 1.165) is 17.6 Å². The molecule has 1 rings (SSSR count). The maximum atomic E-state index is 5.17. The zero-order chi connectivity index (χ0) is 9.68. The lowest BCUT2D eigenvalue weighted by molar-refractivity contribution is 0.579. The average molecular weight is 200 g/mol. The van der Waals surface area contributed by atoms with E-state index in [1.54, 1.807) is 0 Å². The van der Waals surface area contributed by atoms with Crippen molar-refractivity contribution in [3.05, 3.63) is 0 Å². The quantitative estimate of drug-likeness (QED) is 0.525. The fourth-order valence-electron chi connectivity index (χ4n) is 1.35. The van der Waals surface area contributed by atoms with Crippen LogP contribution in [0.3, 0.4) is 0 Å². The summed E-state index contributed by atoms with van der Waals surface area (Å²) in [5, 5.41) is 7.37. The van der Waals surface area contributed by atoms with Crippen LogP contribution in [0, 0.1) is 5.92 Å². The third kappa shape index (κ3) is 4.46. The second kappa shape index (κ2) is 5.43. The highest BCUT2D eigenvalue weighted by Crippen LogP contribution is 2.32. The summed E-state index contributed by atoms with van der Waals surface area (Å²) in [6, 6.07) is 0.557. The lowest BCUT2D eigenvalue weighted by Gasteiger charge is -2.15. The molecule has 0 aromatic heterocycles. The van der Waals surface area contributed by atoms with Gasteiger partial charge in [0, 0.05) is 12.6 Å². The largest absolute Gasteiger partial charge is 0.363 e. The summed E-state index contributed by atoms with van der Waals surface area (Å²) in [6.07, 6.45) is 5.14. The second-order valence-corrected chi connectivity index (χ2v) is 4.29. The third-order valence-corrected chi connectivity index (χ3v) is 2.77. The molecule has 0 heterocycles. The molecule has 0 radical (unpaired) electrons. The first kappa shape index (κ1) is 10.8. The van der Waals surface area contributed by atoms with Crippen molar-refractivity contribution in [3.63, 3.8) is 0 Å². The van der Waals surface area contributed by atoms with Gasteiger partial charge in [0.05, 0.1) is 0 Å². The molecule has 0 bridgehead atoms. The maximum Gasteiger partial charge on any atom is 0.166 e. The van der Waals surface area contributed by atoms with E-state index in [1.807, 2.05) is 0 Å². The fourth-order valence-corrected chi connectivity index (χ4v) is 1.64. The summed E-state index contributed by atoms with van der Waals surface area (Å²) < 4.78 is 0. The molecule has 0 spiro atoms. The Balaban J connectivity index is 2.02. The van der Waals surface area contributed by atoms with Crippen LogP contribution < -0.4 is 10.6 Å². The zero-order valence-electron chi connectivity index (χ0n) is 8.60. The van der Waals surface area contributed by atoms with E-state index in [1.165, 1.54) is 25.7 Å². The van der Waals surface area contributed by atoms with Gasteiger partial charge in [-0.05, 0) is 44.3 Å². The van der Waals surface area contributed by atoms with E-state index < -0.39 is 0 Å². The first-order chi connectivity index (χ1) is 6.24. The summed E-state index contributed by atoms with van der Waals surface area (Å²) in [5.41, 5.74) is 0. The van der Waals surface area contributed by atoms with Crippen LogP contribution in [0.1, 0.15) is 39.5 Å². The normalized spacial score (nSPS) is 18.0. The van der Waals surface area contributed by atoms with Gasteiger partial charge in [-0.25, -0.2) is 0 Å². The number of nitrogens with one attached hydrogen (secondary N) is 2. The van der Waals surface area contributed by atoms with Gasteiger partial charge in [0.1, 0.15) is 0 Å². The molecule has 0 amide bonds. The first-order valence-corrected chi connectivity index (χ1v) is 5.69. The van der Waals surface area contributed by atoms with Crippen molar-refractivity contribution in [3.8, 4) is 0 Å². The van der Waals surface area contributed by atoms with E-state index in [-0.39, 0.29) is 0 Å². The SMILES string of the molecule is CCCCNC(=S)NC(C)C1CC1. The van der Waals surface area contributed by atoms with Crippen LogP contribution in [0.25, 0.3) is 0 Å². The molecular formula is C10H20N2S. The van der Waals surface area contributed by atoms with Crippen molar-refractivity contribution in [2.24, 2.45) is 5.92 Å². The van der Waals surface area contributed by atoms with Crippen LogP contribution in [0.15, 0.2) is 0 Å². The summed E-state index contributed by atoms with van der Waals surface area (Å²) in [7, 11) is 0. The van der Waals surface area contributed by atoms with E-state index in [0.29, 0.717) is 6.04 Å². The zero-order valence-corrected chi connectivity index (χ0v) is 9.41. The summed E-state index contributed by atoms with van der Waals surface area (Å²) >= 11 is 5.17. The van der Waals surface area contributed by atoms with E-state index in [2.05, 4.69) is 24.5 Å². The van der Waals surface area contributed by atoms with Crippen molar-refractivity contribution < 1.29 is 0 Å². The van der Waals surface area contributed by atoms with Gasteiger partial charge in [0.2, 0.25) is 0 Å². The summed E-state index contributed by atoms with van der Waals surface area (Å²) in [5.74, 6) is 0.867. The van der Waals surface area contributed by atoms with Crippen LogP contribution in [-0.4, -0.2) is 17.7 Å². The molecule has 2 nitrogen and oxygen atoms in total. The van der Waals surface area contributed by atoms with Gasteiger partial charge in [0.25, 0.3) is 0 Å². The molecule has 1 atom stereocenters. The minimum absolute atomic E-state index is 0.557. The van der Waals surface area contributed by atoms with E-state index >= 15 is 0 Å². The van der Waals surface area contributed by atoms with Gasteiger partial charge >= 0.3 is 0 Å². The Kier molecular flexibility index (Phi) is 4.50. The van der Waals surface area contributed by atoms with Crippen molar-refractivity contribution >= 4 is 17.3 Å².